The zero-order valence-electron chi connectivity index (χ0n) is 17.0. The lowest BCUT2D eigenvalue weighted by Gasteiger charge is -2.21. The van der Waals surface area contributed by atoms with Crippen LogP contribution in [-0.4, -0.2) is 20.4 Å². The Morgan fingerprint density at radius 3 is 2.62 bits per heavy atom. The Hall–Kier alpha value is -3.06. The smallest absolute Gasteiger partial charge is 0.265 e. The van der Waals surface area contributed by atoms with Gasteiger partial charge in [-0.3, -0.25) is 14.2 Å². The summed E-state index contributed by atoms with van der Waals surface area (Å²) in [7, 11) is 0. The van der Waals surface area contributed by atoms with Gasteiger partial charge in [0.05, 0.1) is 17.9 Å². The molecule has 7 heteroatoms. The number of fused-ring (bicyclic) bond motifs is 1. The second-order valence-electron chi connectivity index (χ2n) is 7.71. The molecule has 0 radical (unpaired) electrons. The molecule has 2 aromatic heterocycles. The van der Waals surface area contributed by atoms with Gasteiger partial charge in [-0.25, -0.2) is 4.98 Å². The van der Waals surface area contributed by atoms with Crippen LogP contribution in [0.3, 0.4) is 0 Å². The number of hydrogen-bond acceptors (Lipinski definition) is 5. The van der Waals surface area contributed by atoms with Crippen molar-refractivity contribution in [2.75, 3.05) is 0 Å². The van der Waals surface area contributed by atoms with Gasteiger partial charge in [0.2, 0.25) is 0 Å². The lowest BCUT2D eigenvalue weighted by molar-refractivity contribution is 0.0971. The molecule has 0 saturated heterocycles. The van der Waals surface area contributed by atoms with Crippen LogP contribution in [0.4, 0.5) is 0 Å². The molecule has 5 nitrogen and oxygen atoms in total. The maximum atomic E-state index is 13.7. The molecular formula is C25H19ClN2O3S. The molecule has 0 unspecified atom stereocenters. The first-order valence-electron chi connectivity index (χ1n) is 10.3. The molecule has 1 aliphatic rings. The van der Waals surface area contributed by atoms with E-state index in [1.165, 1.54) is 11.3 Å². The van der Waals surface area contributed by atoms with E-state index < -0.39 is 0 Å². The molecule has 0 saturated carbocycles. The minimum atomic E-state index is -0.217. The molecule has 0 aliphatic heterocycles. The molecule has 4 aromatic rings. The van der Waals surface area contributed by atoms with E-state index in [0.717, 1.165) is 17.0 Å². The number of carbonyl (C=O) groups is 1. The van der Waals surface area contributed by atoms with Crippen LogP contribution < -0.4 is 5.56 Å². The number of hydrogen-bond donors (Lipinski definition) is 1. The Morgan fingerprint density at radius 1 is 1.03 bits per heavy atom. The predicted octanol–water partition coefficient (Wildman–Crippen LogP) is 5.29. The minimum Gasteiger partial charge on any atom is -0.392 e. The summed E-state index contributed by atoms with van der Waals surface area (Å²) in [4.78, 5) is 31.1. The molecule has 0 amide bonds. The van der Waals surface area contributed by atoms with Crippen LogP contribution in [0.5, 0.6) is 0 Å². The lowest BCUT2D eigenvalue weighted by Crippen LogP contribution is -2.28. The molecule has 0 bridgehead atoms. The molecule has 0 fully saturated rings. The summed E-state index contributed by atoms with van der Waals surface area (Å²) < 4.78 is 1.62. The number of aliphatic hydroxyl groups is 1. The topological polar surface area (TPSA) is 72.2 Å². The molecule has 2 aromatic carbocycles. The van der Waals surface area contributed by atoms with Gasteiger partial charge in [-0.2, -0.15) is 0 Å². The number of pyridine rings is 1. The number of aromatic nitrogens is 2. The van der Waals surface area contributed by atoms with Crippen molar-refractivity contribution in [1.82, 2.24) is 9.55 Å². The number of Topliss-reactive ketones (excluding diaryl/α,β-unsaturated/α-hetero) is 1. The van der Waals surface area contributed by atoms with Crippen LogP contribution in [0.1, 0.15) is 34.5 Å². The van der Waals surface area contributed by atoms with E-state index in [2.05, 4.69) is 0 Å². The number of halogens is 1. The van der Waals surface area contributed by atoms with Gasteiger partial charge in [0.25, 0.3) is 5.56 Å². The third kappa shape index (κ3) is 3.71. The quantitative estimate of drug-likeness (QED) is 0.447. The fourth-order valence-electron chi connectivity index (χ4n) is 4.06. The first kappa shape index (κ1) is 20.8. The second-order valence-corrected chi connectivity index (χ2v) is 9.00. The highest BCUT2D eigenvalue weighted by Gasteiger charge is 2.25. The van der Waals surface area contributed by atoms with E-state index >= 15 is 0 Å². The van der Waals surface area contributed by atoms with E-state index in [1.807, 2.05) is 23.6 Å². The predicted molar refractivity (Wildman–Crippen MR) is 127 cm³/mol. The summed E-state index contributed by atoms with van der Waals surface area (Å²) in [5.74, 6) is 0.0362. The molecule has 5 rings (SSSR count). The zero-order chi connectivity index (χ0) is 22.2. The highest BCUT2D eigenvalue weighted by molar-refractivity contribution is 7.13. The first-order chi connectivity index (χ1) is 15.5. The summed E-state index contributed by atoms with van der Waals surface area (Å²) in [5.41, 5.74) is 4.48. The van der Waals surface area contributed by atoms with E-state index in [9.17, 15) is 14.7 Å². The summed E-state index contributed by atoms with van der Waals surface area (Å²) in [6.45, 7) is -0.125. The lowest BCUT2D eigenvalue weighted by atomic mass is 9.93. The number of rotatable bonds is 4. The van der Waals surface area contributed by atoms with Gasteiger partial charge < -0.3 is 5.11 Å². The van der Waals surface area contributed by atoms with Gasteiger partial charge in [-0.1, -0.05) is 35.9 Å². The molecule has 32 heavy (non-hydrogen) atoms. The minimum absolute atomic E-state index is 0.0362. The molecule has 1 aliphatic carbocycles. The number of aliphatic hydroxyl groups excluding tert-OH is 1. The van der Waals surface area contributed by atoms with Gasteiger partial charge in [-0.05, 0) is 48.7 Å². The number of ketones is 1. The maximum absolute atomic E-state index is 13.7. The first-order valence-corrected chi connectivity index (χ1v) is 11.5. The number of nitrogens with zero attached hydrogens (tertiary/aromatic N) is 2. The number of benzene rings is 2. The Bertz CT molecular complexity index is 1390. The average molecular weight is 463 g/mol. The van der Waals surface area contributed by atoms with Crippen molar-refractivity contribution >= 4 is 28.7 Å². The van der Waals surface area contributed by atoms with Crippen molar-refractivity contribution in [3.8, 4) is 27.5 Å². The fraction of sp³-hybridized carbons (Fsp3) is 0.160. The van der Waals surface area contributed by atoms with Crippen molar-refractivity contribution in [2.24, 2.45) is 0 Å². The van der Waals surface area contributed by atoms with Crippen molar-refractivity contribution in [3.05, 3.63) is 92.2 Å². The average Bonchev–Trinajstić information content (AvgIpc) is 3.29. The number of carbonyl (C=O) groups excluding carboxylic acids is 1. The largest absolute Gasteiger partial charge is 0.392 e. The third-order valence-electron chi connectivity index (χ3n) is 5.65. The Balaban J connectivity index is 1.70. The molecule has 2 heterocycles. The standard InChI is InChI=1S/C25H19ClN2O3S/c26-17-9-7-16(8-10-17)21-14-32-24(27-21)20-12-19-22(5-2-6-23(19)30)28(25(20)31)18-4-1-3-15(11-18)13-29/h1,3-4,7-12,14,29H,2,5-6,13H2. The molecule has 0 spiro atoms. The van der Waals surface area contributed by atoms with E-state index in [1.54, 1.807) is 41.0 Å². The zero-order valence-corrected chi connectivity index (χ0v) is 18.6. The van der Waals surface area contributed by atoms with Gasteiger partial charge in [0.1, 0.15) is 5.01 Å². The molecule has 160 valence electrons. The number of thiazole rings is 1. The van der Waals surface area contributed by atoms with E-state index in [0.29, 0.717) is 51.7 Å². The summed E-state index contributed by atoms with van der Waals surface area (Å²) in [5, 5.41) is 12.7. The SMILES string of the molecule is O=C1CCCc2c1cc(-c1nc(-c3ccc(Cl)cc3)cs1)c(=O)n2-c1cccc(CO)c1. The Kier molecular flexibility index (Phi) is 5.51. The normalized spacial score (nSPS) is 13.2. The van der Waals surface area contributed by atoms with Crippen LogP contribution in [0.2, 0.25) is 5.02 Å². The van der Waals surface area contributed by atoms with Crippen LogP contribution in [-0.2, 0) is 13.0 Å². The summed E-state index contributed by atoms with van der Waals surface area (Å²) in [6.07, 6.45) is 1.82. The van der Waals surface area contributed by atoms with Crippen molar-refractivity contribution in [3.63, 3.8) is 0 Å². The summed E-state index contributed by atoms with van der Waals surface area (Å²) in [6, 6.07) is 16.3. The van der Waals surface area contributed by atoms with Gasteiger partial charge >= 0.3 is 0 Å². The monoisotopic (exact) mass is 462 g/mol. The summed E-state index contributed by atoms with van der Waals surface area (Å²) >= 11 is 7.36. The van der Waals surface area contributed by atoms with Gasteiger partial charge in [-0.15, -0.1) is 11.3 Å². The fourth-order valence-corrected chi connectivity index (χ4v) is 5.03. The van der Waals surface area contributed by atoms with Crippen LogP contribution in [0, 0.1) is 0 Å². The van der Waals surface area contributed by atoms with Crippen LogP contribution in [0.25, 0.3) is 27.5 Å². The Labute approximate surface area is 193 Å². The van der Waals surface area contributed by atoms with Crippen LogP contribution in [0.15, 0.2) is 64.8 Å². The third-order valence-corrected chi connectivity index (χ3v) is 6.77. The van der Waals surface area contributed by atoms with Crippen molar-refractivity contribution < 1.29 is 9.90 Å². The van der Waals surface area contributed by atoms with Gasteiger partial charge in [0.15, 0.2) is 5.78 Å². The molecule has 0 atom stereocenters. The van der Waals surface area contributed by atoms with Gasteiger partial charge in [0, 0.05) is 39.3 Å². The highest BCUT2D eigenvalue weighted by atomic mass is 35.5. The van der Waals surface area contributed by atoms with E-state index in [-0.39, 0.29) is 17.9 Å². The van der Waals surface area contributed by atoms with Crippen molar-refractivity contribution in [2.45, 2.75) is 25.9 Å². The van der Waals surface area contributed by atoms with E-state index in [4.69, 9.17) is 16.6 Å². The second kappa shape index (κ2) is 8.47. The maximum Gasteiger partial charge on any atom is 0.265 e. The van der Waals surface area contributed by atoms with Crippen LogP contribution >= 0.6 is 22.9 Å². The van der Waals surface area contributed by atoms with Crippen molar-refractivity contribution in [1.29, 1.82) is 0 Å². The Morgan fingerprint density at radius 2 is 1.84 bits per heavy atom. The molecular weight excluding hydrogens is 444 g/mol. The highest BCUT2D eigenvalue weighted by Crippen LogP contribution is 2.31. The molecule has 1 N–H and O–H groups in total.